The fourth-order valence-electron chi connectivity index (χ4n) is 3.16. The molecule has 0 atom stereocenters. The first-order valence-corrected chi connectivity index (χ1v) is 12.8. The average molecular weight is 495 g/mol. The van der Waals surface area contributed by atoms with Gasteiger partial charge in [-0.05, 0) is 18.6 Å². The molecule has 0 saturated heterocycles. The molecule has 1 aromatic rings. The van der Waals surface area contributed by atoms with Gasteiger partial charge in [0.2, 0.25) is 0 Å². The molecule has 0 bridgehead atoms. The molecular weight excluding hydrogens is 459 g/mol. The molecule has 9 heteroatoms. The Morgan fingerprint density at radius 1 is 0.750 bits per heavy atom. The standard InChI is InChI=1S/C23H36O7S.K/c1-2-3-4-5-6-7-8-9-10-11-14-17-29-22(24)20-15-12-13-16-21(20)23(25)30-18-19-31(26,27)28;/h12-13,15-16H,2-11,14,17-19H2,1H3,(H,26,27,28);/q;+1/p-1. The first kappa shape index (κ1) is 31.7. The summed E-state index contributed by atoms with van der Waals surface area (Å²) in [5.41, 5.74) is 0.0373. The number of carbonyl (C=O) groups is 2. The topological polar surface area (TPSA) is 110 Å². The normalized spacial score (nSPS) is 10.9. The van der Waals surface area contributed by atoms with E-state index in [4.69, 9.17) is 9.47 Å². The van der Waals surface area contributed by atoms with Crippen LogP contribution in [0.25, 0.3) is 0 Å². The Hall–Kier alpha value is -0.294. The summed E-state index contributed by atoms with van der Waals surface area (Å²) in [6, 6.07) is 6.00. The van der Waals surface area contributed by atoms with E-state index in [2.05, 4.69) is 6.92 Å². The molecule has 0 fully saturated rings. The van der Waals surface area contributed by atoms with E-state index in [-0.39, 0.29) is 69.1 Å². The van der Waals surface area contributed by atoms with Crippen molar-refractivity contribution in [2.75, 3.05) is 19.0 Å². The van der Waals surface area contributed by atoms with Gasteiger partial charge in [0, 0.05) is 0 Å². The van der Waals surface area contributed by atoms with Crippen LogP contribution in [0.1, 0.15) is 98.3 Å². The van der Waals surface area contributed by atoms with Gasteiger partial charge in [-0.3, -0.25) is 0 Å². The van der Waals surface area contributed by atoms with Gasteiger partial charge in [0.25, 0.3) is 0 Å². The predicted molar refractivity (Wildman–Crippen MR) is 118 cm³/mol. The average Bonchev–Trinajstić information content (AvgIpc) is 2.73. The first-order valence-electron chi connectivity index (χ1n) is 11.2. The van der Waals surface area contributed by atoms with Crippen molar-refractivity contribution in [3.8, 4) is 0 Å². The Morgan fingerprint density at radius 3 is 1.59 bits per heavy atom. The quantitative estimate of drug-likeness (QED) is 0.141. The number of carbonyl (C=O) groups excluding carboxylic acids is 2. The molecule has 0 N–H and O–H groups in total. The minimum absolute atomic E-state index is 0. The number of rotatable bonds is 17. The van der Waals surface area contributed by atoms with Crippen LogP contribution < -0.4 is 51.4 Å². The van der Waals surface area contributed by atoms with E-state index in [1.54, 1.807) is 12.1 Å². The van der Waals surface area contributed by atoms with Crippen LogP contribution in [0.4, 0.5) is 0 Å². The van der Waals surface area contributed by atoms with Crippen molar-refractivity contribution in [2.45, 2.75) is 77.6 Å². The molecule has 0 spiro atoms. The maximum atomic E-state index is 12.3. The maximum Gasteiger partial charge on any atom is 1.00 e. The summed E-state index contributed by atoms with van der Waals surface area (Å²) in [6.45, 7) is 1.93. The minimum atomic E-state index is -4.48. The summed E-state index contributed by atoms with van der Waals surface area (Å²) >= 11 is 0. The van der Waals surface area contributed by atoms with Crippen LogP contribution in [0.15, 0.2) is 24.3 Å². The number of hydrogen-bond acceptors (Lipinski definition) is 7. The zero-order chi connectivity index (χ0) is 23.0. The van der Waals surface area contributed by atoms with E-state index in [1.807, 2.05) is 0 Å². The summed E-state index contributed by atoms with van der Waals surface area (Å²) in [5, 5.41) is 0. The van der Waals surface area contributed by atoms with Crippen molar-refractivity contribution in [2.24, 2.45) is 0 Å². The van der Waals surface area contributed by atoms with Gasteiger partial charge < -0.3 is 14.0 Å². The molecule has 0 aliphatic rings. The summed E-state index contributed by atoms with van der Waals surface area (Å²) < 4.78 is 41.8. The number of esters is 2. The molecule has 0 aromatic heterocycles. The number of benzene rings is 1. The smallest absolute Gasteiger partial charge is 0.748 e. The molecule has 0 radical (unpaired) electrons. The predicted octanol–water partition coefficient (Wildman–Crippen LogP) is 1.86. The molecule has 0 saturated carbocycles. The van der Waals surface area contributed by atoms with Crippen molar-refractivity contribution < 1.29 is 83.4 Å². The largest absolute Gasteiger partial charge is 1.00 e. The van der Waals surface area contributed by atoms with Crippen LogP contribution in [-0.4, -0.2) is 43.9 Å². The van der Waals surface area contributed by atoms with Gasteiger partial charge in [0.1, 0.15) is 6.61 Å². The van der Waals surface area contributed by atoms with Crippen molar-refractivity contribution in [1.29, 1.82) is 0 Å². The number of unbranched alkanes of at least 4 members (excludes halogenated alkanes) is 10. The molecule has 0 unspecified atom stereocenters. The second-order valence-corrected chi connectivity index (χ2v) is 9.14. The Morgan fingerprint density at radius 2 is 1.16 bits per heavy atom. The second-order valence-electron chi connectivity index (χ2n) is 7.61. The third kappa shape index (κ3) is 15.5. The van der Waals surface area contributed by atoms with Crippen LogP contribution in [0.3, 0.4) is 0 Å². The van der Waals surface area contributed by atoms with Gasteiger partial charge in [-0.15, -0.1) is 0 Å². The van der Waals surface area contributed by atoms with Crippen LogP contribution >= 0.6 is 0 Å². The van der Waals surface area contributed by atoms with Crippen molar-refractivity contribution in [3.63, 3.8) is 0 Å². The zero-order valence-corrected chi connectivity index (χ0v) is 23.4. The van der Waals surface area contributed by atoms with E-state index in [1.165, 1.54) is 63.5 Å². The Kier molecular flexibility index (Phi) is 18.9. The monoisotopic (exact) mass is 494 g/mol. The van der Waals surface area contributed by atoms with Crippen molar-refractivity contribution in [1.82, 2.24) is 0 Å². The van der Waals surface area contributed by atoms with Crippen LogP contribution in [-0.2, 0) is 19.6 Å². The molecular formula is C23H35KO7S. The fraction of sp³-hybridized carbons (Fsp3) is 0.652. The van der Waals surface area contributed by atoms with Crippen LogP contribution in [0.5, 0.6) is 0 Å². The maximum absolute atomic E-state index is 12.3. The third-order valence-electron chi connectivity index (χ3n) is 4.91. The van der Waals surface area contributed by atoms with Gasteiger partial charge in [0.15, 0.2) is 0 Å². The molecule has 0 amide bonds. The summed E-state index contributed by atoms with van der Waals surface area (Å²) in [5.74, 6) is -2.31. The minimum Gasteiger partial charge on any atom is -0.748 e. The summed E-state index contributed by atoms with van der Waals surface area (Å²) in [4.78, 5) is 24.4. The Bertz CT molecular complexity index is 765. The molecule has 1 aromatic carbocycles. The molecule has 0 aliphatic carbocycles. The number of hydrogen-bond donors (Lipinski definition) is 0. The van der Waals surface area contributed by atoms with Gasteiger partial charge in [0.05, 0.1) is 33.6 Å². The van der Waals surface area contributed by atoms with Gasteiger partial charge in [-0.2, -0.15) is 0 Å². The van der Waals surface area contributed by atoms with Crippen molar-refractivity contribution >= 4 is 22.1 Å². The van der Waals surface area contributed by atoms with E-state index < -0.39 is 34.4 Å². The summed E-state index contributed by atoms with van der Waals surface area (Å²) in [7, 11) is -4.48. The van der Waals surface area contributed by atoms with Crippen LogP contribution in [0.2, 0.25) is 0 Å². The molecule has 7 nitrogen and oxygen atoms in total. The van der Waals surface area contributed by atoms with E-state index in [0.717, 1.165) is 19.3 Å². The Balaban J connectivity index is 0.00000961. The fourth-order valence-corrected chi connectivity index (χ4v) is 3.45. The second kappa shape index (κ2) is 19.1. The summed E-state index contributed by atoms with van der Waals surface area (Å²) in [6.07, 6.45) is 13.2. The molecule has 1 rings (SSSR count). The van der Waals surface area contributed by atoms with Gasteiger partial charge >= 0.3 is 63.3 Å². The molecule has 0 aliphatic heterocycles. The first-order chi connectivity index (χ1) is 14.8. The third-order valence-corrected chi connectivity index (χ3v) is 5.58. The van der Waals surface area contributed by atoms with Gasteiger partial charge in [-0.25, -0.2) is 18.0 Å². The molecule has 176 valence electrons. The van der Waals surface area contributed by atoms with E-state index >= 15 is 0 Å². The number of ether oxygens (including phenoxy) is 2. The van der Waals surface area contributed by atoms with Crippen LogP contribution in [0, 0.1) is 0 Å². The van der Waals surface area contributed by atoms with E-state index in [0.29, 0.717) is 0 Å². The SMILES string of the molecule is CCCCCCCCCCCCCOC(=O)c1ccccc1C(=O)OCCS(=O)(=O)[O-].[K+]. The van der Waals surface area contributed by atoms with Crippen molar-refractivity contribution in [3.05, 3.63) is 35.4 Å². The van der Waals surface area contributed by atoms with E-state index in [9.17, 15) is 22.6 Å². The van der Waals surface area contributed by atoms with Gasteiger partial charge in [-0.1, -0.05) is 83.3 Å². The Labute approximate surface area is 235 Å². The zero-order valence-electron chi connectivity index (χ0n) is 19.5. The molecule has 0 heterocycles. The molecule has 32 heavy (non-hydrogen) atoms.